The van der Waals surface area contributed by atoms with Crippen molar-refractivity contribution in [1.29, 1.82) is 0 Å². The van der Waals surface area contributed by atoms with Crippen molar-refractivity contribution in [1.82, 2.24) is 5.43 Å². The SMILES string of the molecule is CCCOc1ccc(C(CC2CC2)NN)cc1. The Bertz CT molecular complexity index is 333. The van der Waals surface area contributed by atoms with Crippen LogP contribution in [0.3, 0.4) is 0 Å². The monoisotopic (exact) mass is 234 g/mol. The molecular formula is C14H22N2O. The molecule has 1 aliphatic rings. The third kappa shape index (κ3) is 3.72. The molecule has 94 valence electrons. The molecule has 0 bridgehead atoms. The Morgan fingerprint density at radius 2 is 2.06 bits per heavy atom. The zero-order valence-corrected chi connectivity index (χ0v) is 10.5. The molecule has 0 heterocycles. The van der Waals surface area contributed by atoms with Gasteiger partial charge in [-0.1, -0.05) is 31.9 Å². The van der Waals surface area contributed by atoms with Gasteiger partial charge in [0.25, 0.3) is 0 Å². The van der Waals surface area contributed by atoms with Crippen molar-refractivity contribution in [3.05, 3.63) is 29.8 Å². The summed E-state index contributed by atoms with van der Waals surface area (Å²) in [5.41, 5.74) is 4.16. The Morgan fingerprint density at radius 3 is 2.59 bits per heavy atom. The Labute approximate surface area is 103 Å². The van der Waals surface area contributed by atoms with Crippen molar-refractivity contribution in [3.63, 3.8) is 0 Å². The van der Waals surface area contributed by atoms with Gasteiger partial charge in [0.1, 0.15) is 5.75 Å². The van der Waals surface area contributed by atoms with E-state index in [4.69, 9.17) is 10.6 Å². The Hall–Kier alpha value is -1.06. The summed E-state index contributed by atoms with van der Waals surface area (Å²) in [7, 11) is 0. The lowest BCUT2D eigenvalue weighted by atomic mass is 10.0. The summed E-state index contributed by atoms with van der Waals surface area (Å²) in [4.78, 5) is 0. The van der Waals surface area contributed by atoms with Crippen LogP contribution in [0.15, 0.2) is 24.3 Å². The van der Waals surface area contributed by atoms with E-state index in [1.165, 1.54) is 18.4 Å². The Morgan fingerprint density at radius 1 is 1.35 bits per heavy atom. The maximum absolute atomic E-state index is 5.62. The van der Waals surface area contributed by atoms with Crippen LogP contribution >= 0.6 is 0 Å². The third-order valence-electron chi connectivity index (χ3n) is 3.22. The van der Waals surface area contributed by atoms with E-state index in [2.05, 4.69) is 24.5 Å². The van der Waals surface area contributed by atoms with Gasteiger partial charge in [0.15, 0.2) is 0 Å². The van der Waals surface area contributed by atoms with Gasteiger partial charge in [-0.3, -0.25) is 11.3 Å². The van der Waals surface area contributed by atoms with Gasteiger partial charge in [-0.15, -0.1) is 0 Å². The fraction of sp³-hybridized carbons (Fsp3) is 0.571. The van der Waals surface area contributed by atoms with Crippen LogP contribution in [-0.4, -0.2) is 6.61 Å². The van der Waals surface area contributed by atoms with E-state index in [-0.39, 0.29) is 6.04 Å². The van der Waals surface area contributed by atoms with E-state index in [0.717, 1.165) is 31.1 Å². The number of rotatable bonds is 7. The second-order valence-corrected chi connectivity index (χ2v) is 4.82. The molecule has 1 saturated carbocycles. The summed E-state index contributed by atoms with van der Waals surface area (Å²) in [6.45, 7) is 2.89. The smallest absolute Gasteiger partial charge is 0.119 e. The van der Waals surface area contributed by atoms with Crippen molar-refractivity contribution < 1.29 is 4.74 Å². The lowest BCUT2D eigenvalue weighted by molar-refractivity contribution is 0.317. The summed E-state index contributed by atoms with van der Waals surface area (Å²) in [6.07, 6.45) is 4.90. The molecule has 0 radical (unpaired) electrons. The number of hydrazine groups is 1. The van der Waals surface area contributed by atoms with Crippen LogP contribution in [-0.2, 0) is 0 Å². The molecule has 1 aromatic carbocycles. The molecule has 3 heteroatoms. The lowest BCUT2D eigenvalue weighted by Crippen LogP contribution is -2.28. The summed E-state index contributed by atoms with van der Waals surface area (Å²) in [5, 5.41) is 0. The normalized spacial score (nSPS) is 16.8. The van der Waals surface area contributed by atoms with Crippen LogP contribution in [0.25, 0.3) is 0 Å². The molecular weight excluding hydrogens is 212 g/mol. The second-order valence-electron chi connectivity index (χ2n) is 4.82. The van der Waals surface area contributed by atoms with Gasteiger partial charge in [0.2, 0.25) is 0 Å². The molecule has 1 atom stereocenters. The second kappa shape index (κ2) is 6.03. The van der Waals surface area contributed by atoms with Crippen molar-refractivity contribution in [3.8, 4) is 5.75 Å². The highest BCUT2D eigenvalue weighted by Crippen LogP contribution is 2.37. The first kappa shape index (κ1) is 12.4. The quantitative estimate of drug-likeness (QED) is 0.563. The van der Waals surface area contributed by atoms with E-state index in [1.54, 1.807) is 0 Å². The van der Waals surface area contributed by atoms with E-state index in [0.29, 0.717) is 0 Å². The molecule has 0 spiro atoms. The van der Waals surface area contributed by atoms with Crippen molar-refractivity contribution in [2.75, 3.05) is 6.61 Å². The van der Waals surface area contributed by atoms with E-state index in [9.17, 15) is 0 Å². The summed E-state index contributed by atoms with van der Waals surface area (Å²) in [6, 6.07) is 8.56. The van der Waals surface area contributed by atoms with E-state index < -0.39 is 0 Å². The fourth-order valence-corrected chi connectivity index (χ4v) is 2.00. The number of hydrogen-bond donors (Lipinski definition) is 2. The predicted molar refractivity (Wildman–Crippen MR) is 69.6 cm³/mol. The first-order valence-corrected chi connectivity index (χ1v) is 6.52. The molecule has 1 aromatic rings. The highest BCUT2D eigenvalue weighted by atomic mass is 16.5. The largest absolute Gasteiger partial charge is 0.494 e. The summed E-state index contributed by atoms with van der Waals surface area (Å²) in [5.74, 6) is 7.43. The van der Waals surface area contributed by atoms with Crippen LogP contribution in [0.1, 0.15) is 44.2 Å². The van der Waals surface area contributed by atoms with Gasteiger partial charge in [-0.2, -0.15) is 0 Å². The van der Waals surface area contributed by atoms with Crippen LogP contribution in [0.2, 0.25) is 0 Å². The highest BCUT2D eigenvalue weighted by Gasteiger charge is 2.25. The number of nitrogens with two attached hydrogens (primary N) is 1. The van der Waals surface area contributed by atoms with Gasteiger partial charge in [0, 0.05) is 6.04 Å². The first-order valence-electron chi connectivity index (χ1n) is 6.52. The number of hydrogen-bond acceptors (Lipinski definition) is 3. The number of ether oxygens (including phenoxy) is 1. The minimum absolute atomic E-state index is 0.280. The number of benzene rings is 1. The predicted octanol–water partition coefficient (Wildman–Crippen LogP) is 2.78. The van der Waals surface area contributed by atoms with Crippen LogP contribution in [0.5, 0.6) is 5.75 Å². The van der Waals surface area contributed by atoms with Crippen LogP contribution < -0.4 is 16.0 Å². The van der Waals surface area contributed by atoms with Crippen molar-refractivity contribution in [2.24, 2.45) is 11.8 Å². The molecule has 0 saturated heterocycles. The number of nitrogens with one attached hydrogen (secondary N) is 1. The minimum Gasteiger partial charge on any atom is -0.494 e. The van der Waals surface area contributed by atoms with Crippen molar-refractivity contribution >= 4 is 0 Å². The average molecular weight is 234 g/mol. The maximum atomic E-state index is 5.62. The third-order valence-corrected chi connectivity index (χ3v) is 3.22. The van der Waals surface area contributed by atoms with Crippen LogP contribution in [0.4, 0.5) is 0 Å². The van der Waals surface area contributed by atoms with Gasteiger partial charge < -0.3 is 4.74 Å². The molecule has 1 aliphatic carbocycles. The first-order chi connectivity index (χ1) is 8.33. The zero-order valence-electron chi connectivity index (χ0n) is 10.5. The standard InChI is InChI=1S/C14H22N2O/c1-2-9-17-13-7-5-12(6-8-13)14(16-15)10-11-3-4-11/h5-8,11,14,16H,2-4,9-10,15H2,1H3. The van der Waals surface area contributed by atoms with Gasteiger partial charge in [0.05, 0.1) is 6.61 Å². The van der Waals surface area contributed by atoms with Crippen molar-refractivity contribution in [2.45, 2.75) is 38.6 Å². The topological polar surface area (TPSA) is 47.3 Å². The molecule has 0 aliphatic heterocycles. The van der Waals surface area contributed by atoms with E-state index in [1.807, 2.05) is 12.1 Å². The lowest BCUT2D eigenvalue weighted by Gasteiger charge is -2.16. The minimum atomic E-state index is 0.280. The van der Waals surface area contributed by atoms with Crippen LogP contribution in [0, 0.1) is 5.92 Å². The molecule has 1 fully saturated rings. The highest BCUT2D eigenvalue weighted by molar-refractivity contribution is 5.29. The summed E-state index contributed by atoms with van der Waals surface area (Å²) < 4.78 is 5.57. The van der Waals surface area contributed by atoms with Gasteiger partial charge in [-0.25, -0.2) is 0 Å². The van der Waals surface area contributed by atoms with Gasteiger partial charge in [-0.05, 0) is 36.5 Å². The molecule has 17 heavy (non-hydrogen) atoms. The Kier molecular flexibility index (Phi) is 4.40. The molecule has 1 unspecified atom stereocenters. The molecule has 3 nitrogen and oxygen atoms in total. The molecule has 3 N–H and O–H groups in total. The summed E-state index contributed by atoms with van der Waals surface area (Å²) >= 11 is 0. The zero-order chi connectivity index (χ0) is 12.1. The molecule has 0 amide bonds. The van der Waals surface area contributed by atoms with E-state index >= 15 is 0 Å². The average Bonchev–Trinajstić information content (AvgIpc) is 3.18. The Balaban J connectivity index is 1.94. The molecule has 0 aromatic heterocycles. The van der Waals surface area contributed by atoms with Gasteiger partial charge >= 0.3 is 0 Å². The molecule has 2 rings (SSSR count). The fourth-order valence-electron chi connectivity index (χ4n) is 2.00. The maximum Gasteiger partial charge on any atom is 0.119 e.